The summed E-state index contributed by atoms with van der Waals surface area (Å²) >= 11 is 7.85. The summed E-state index contributed by atoms with van der Waals surface area (Å²) < 4.78 is 5.44. The van der Waals surface area contributed by atoms with E-state index in [1.54, 1.807) is 45.6 Å². The third-order valence-corrected chi connectivity index (χ3v) is 5.96. The maximum Gasteiger partial charge on any atom is 0.228 e. The van der Waals surface area contributed by atoms with Crippen LogP contribution in [-0.4, -0.2) is 23.3 Å². The summed E-state index contributed by atoms with van der Waals surface area (Å²) in [7, 11) is 0. The summed E-state index contributed by atoms with van der Waals surface area (Å²) in [4.78, 5) is 30.3. The molecule has 1 aromatic carbocycles. The van der Waals surface area contributed by atoms with Crippen molar-refractivity contribution in [3.05, 3.63) is 75.8 Å². The van der Waals surface area contributed by atoms with Crippen LogP contribution in [0.15, 0.2) is 64.6 Å². The Labute approximate surface area is 172 Å². The topological polar surface area (TPSA) is 53.8 Å². The molecule has 2 aromatic heterocycles. The molecule has 0 spiro atoms. The Morgan fingerprint density at radius 2 is 2.04 bits per heavy atom. The van der Waals surface area contributed by atoms with Crippen LogP contribution in [0.5, 0.6) is 0 Å². The zero-order chi connectivity index (χ0) is 19.5. The second kappa shape index (κ2) is 8.20. The summed E-state index contributed by atoms with van der Waals surface area (Å²) in [6.45, 7) is 1.20. The molecular weight excluding hydrogens is 396 g/mol. The minimum absolute atomic E-state index is 0.0484. The number of carbonyl (C=O) groups excluding carboxylic acids is 2. The number of halogens is 1. The summed E-state index contributed by atoms with van der Waals surface area (Å²) in [5, 5.41) is 2.50. The number of thiophene rings is 1. The molecule has 0 bridgehead atoms. The van der Waals surface area contributed by atoms with E-state index in [1.165, 1.54) is 0 Å². The number of nitrogens with zero attached hydrogens (tertiary/aromatic N) is 2. The number of carbonyl (C=O) groups is 2. The van der Waals surface area contributed by atoms with Crippen molar-refractivity contribution in [1.29, 1.82) is 0 Å². The first-order valence-electron chi connectivity index (χ1n) is 9.00. The molecule has 0 radical (unpaired) electrons. The maximum atomic E-state index is 13.3. The molecule has 0 aliphatic carbocycles. The Bertz CT molecular complexity index is 920. The first-order chi connectivity index (χ1) is 13.6. The zero-order valence-corrected chi connectivity index (χ0v) is 16.7. The van der Waals surface area contributed by atoms with Crippen molar-refractivity contribution in [3.8, 4) is 0 Å². The number of hydrogen-bond donors (Lipinski definition) is 0. The molecule has 7 heteroatoms. The van der Waals surface area contributed by atoms with Gasteiger partial charge in [-0.3, -0.25) is 9.59 Å². The van der Waals surface area contributed by atoms with Crippen LogP contribution in [0.1, 0.15) is 17.1 Å². The number of para-hydroxylation sites is 1. The van der Waals surface area contributed by atoms with Gasteiger partial charge in [-0.25, -0.2) is 0 Å². The molecule has 144 valence electrons. The van der Waals surface area contributed by atoms with Crippen molar-refractivity contribution < 1.29 is 14.0 Å². The summed E-state index contributed by atoms with van der Waals surface area (Å²) in [5.74, 6) is 0.184. The average Bonchev–Trinajstić information content (AvgIpc) is 3.44. The highest BCUT2D eigenvalue weighted by atomic mass is 35.5. The van der Waals surface area contributed by atoms with Gasteiger partial charge in [0.25, 0.3) is 0 Å². The van der Waals surface area contributed by atoms with E-state index in [2.05, 4.69) is 0 Å². The number of amides is 2. The zero-order valence-electron chi connectivity index (χ0n) is 15.1. The van der Waals surface area contributed by atoms with Crippen LogP contribution in [-0.2, 0) is 22.7 Å². The van der Waals surface area contributed by atoms with Gasteiger partial charge in [-0.05, 0) is 35.7 Å². The number of furan rings is 1. The highest BCUT2D eigenvalue weighted by Gasteiger charge is 2.38. The summed E-state index contributed by atoms with van der Waals surface area (Å²) in [6.07, 6.45) is 1.78. The molecule has 4 rings (SSSR count). The first kappa shape index (κ1) is 18.8. The van der Waals surface area contributed by atoms with E-state index < -0.39 is 5.92 Å². The third kappa shape index (κ3) is 3.98. The molecule has 3 aromatic rings. The van der Waals surface area contributed by atoms with Crippen molar-refractivity contribution in [2.24, 2.45) is 5.92 Å². The Morgan fingerprint density at radius 3 is 2.75 bits per heavy atom. The lowest BCUT2D eigenvalue weighted by Crippen LogP contribution is -2.36. The van der Waals surface area contributed by atoms with Gasteiger partial charge in [-0.2, -0.15) is 0 Å². The number of benzene rings is 1. The van der Waals surface area contributed by atoms with E-state index in [0.29, 0.717) is 30.3 Å². The molecule has 0 unspecified atom stereocenters. The van der Waals surface area contributed by atoms with E-state index in [4.69, 9.17) is 16.0 Å². The molecule has 28 heavy (non-hydrogen) atoms. The minimum Gasteiger partial charge on any atom is -0.467 e. The first-order valence-corrected chi connectivity index (χ1v) is 10.3. The monoisotopic (exact) mass is 414 g/mol. The van der Waals surface area contributed by atoms with Crippen molar-refractivity contribution >= 4 is 40.4 Å². The van der Waals surface area contributed by atoms with Crippen LogP contribution < -0.4 is 4.90 Å². The Hall–Kier alpha value is -2.57. The normalized spacial score (nSPS) is 16.5. The SMILES string of the molecule is O=C([C@@H]1CC(=O)N(c2ccccc2Cl)C1)N(Cc1ccco1)Cc1cccs1. The van der Waals surface area contributed by atoms with Crippen LogP contribution in [0.2, 0.25) is 5.02 Å². The fourth-order valence-corrected chi connectivity index (χ4v) is 4.38. The van der Waals surface area contributed by atoms with Gasteiger partial charge in [-0.15, -0.1) is 11.3 Å². The molecule has 1 saturated heterocycles. The maximum absolute atomic E-state index is 13.3. The van der Waals surface area contributed by atoms with E-state index in [9.17, 15) is 9.59 Å². The largest absolute Gasteiger partial charge is 0.467 e. The van der Waals surface area contributed by atoms with Gasteiger partial charge < -0.3 is 14.2 Å². The molecule has 0 N–H and O–H groups in total. The highest BCUT2D eigenvalue weighted by Crippen LogP contribution is 2.32. The lowest BCUT2D eigenvalue weighted by atomic mass is 10.1. The number of rotatable bonds is 6. The molecule has 0 saturated carbocycles. The van der Waals surface area contributed by atoms with Crippen LogP contribution in [0.3, 0.4) is 0 Å². The lowest BCUT2D eigenvalue weighted by molar-refractivity contribution is -0.137. The fraction of sp³-hybridized carbons (Fsp3) is 0.238. The van der Waals surface area contributed by atoms with E-state index in [1.807, 2.05) is 35.7 Å². The molecule has 1 atom stereocenters. The Balaban J connectivity index is 1.53. The standard InChI is InChI=1S/C21H19ClN2O3S/c22-18-7-1-2-8-19(18)24-12-15(11-20(24)25)21(26)23(13-16-5-3-9-27-16)14-17-6-4-10-28-17/h1-10,15H,11-14H2/t15-/m1/s1. The molecule has 5 nitrogen and oxygen atoms in total. The van der Waals surface area contributed by atoms with E-state index >= 15 is 0 Å². The van der Waals surface area contributed by atoms with Crippen molar-refractivity contribution in [2.45, 2.75) is 19.5 Å². The van der Waals surface area contributed by atoms with Crippen LogP contribution in [0, 0.1) is 5.92 Å². The predicted molar refractivity (Wildman–Crippen MR) is 109 cm³/mol. The number of anilines is 1. The van der Waals surface area contributed by atoms with Crippen LogP contribution >= 0.6 is 22.9 Å². The molecule has 2 amide bonds. The van der Waals surface area contributed by atoms with Gasteiger partial charge in [0.05, 0.1) is 36.0 Å². The Kier molecular flexibility index (Phi) is 5.50. The molecule has 1 aliphatic heterocycles. The molecule has 3 heterocycles. The van der Waals surface area contributed by atoms with E-state index in [0.717, 1.165) is 10.6 Å². The Morgan fingerprint density at radius 1 is 1.18 bits per heavy atom. The average molecular weight is 415 g/mol. The number of hydrogen-bond acceptors (Lipinski definition) is 4. The fourth-order valence-electron chi connectivity index (χ4n) is 3.43. The minimum atomic E-state index is -0.404. The molecule has 1 aliphatic rings. The van der Waals surface area contributed by atoms with Crippen molar-refractivity contribution in [1.82, 2.24) is 4.90 Å². The van der Waals surface area contributed by atoms with Gasteiger partial charge in [0.15, 0.2) is 0 Å². The lowest BCUT2D eigenvalue weighted by Gasteiger charge is -2.24. The van der Waals surface area contributed by atoms with Gasteiger partial charge >= 0.3 is 0 Å². The van der Waals surface area contributed by atoms with Gasteiger partial charge in [0.1, 0.15) is 5.76 Å². The van der Waals surface area contributed by atoms with Crippen LogP contribution in [0.25, 0.3) is 0 Å². The quantitative estimate of drug-likeness (QED) is 0.593. The summed E-state index contributed by atoms with van der Waals surface area (Å²) in [6, 6.07) is 14.8. The van der Waals surface area contributed by atoms with Crippen molar-refractivity contribution in [2.75, 3.05) is 11.4 Å². The van der Waals surface area contributed by atoms with Crippen LogP contribution in [0.4, 0.5) is 5.69 Å². The predicted octanol–water partition coefficient (Wildman–Crippen LogP) is 4.58. The van der Waals surface area contributed by atoms with E-state index in [-0.39, 0.29) is 18.2 Å². The molecular formula is C21H19ClN2O3S. The van der Waals surface area contributed by atoms with Crippen molar-refractivity contribution in [3.63, 3.8) is 0 Å². The van der Waals surface area contributed by atoms with Gasteiger partial charge in [0.2, 0.25) is 11.8 Å². The third-order valence-electron chi connectivity index (χ3n) is 4.78. The van der Waals surface area contributed by atoms with Gasteiger partial charge in [-0.1, -0.05) is 29.8 Å². The summed E-state index contributed by atoms with van der Waals surface area (Å²) in [5.41, 5.74) is 0.653. The second-order valence-corrected chi connectivity index (χ2v) is 8.15. The van der Waals surface area contributed by atoms with Gasteiger partial charge in [0, 0.05) is 17.8 Å². The smallest absolute Gasteiger partial charge is 0.228 e. The highest BCUT2D eigenvalue weighted by molar-refractivity contribution is 7.09. The molecule has 1 fully saturated rings. The second-order valence-electron chi connectivity index (χ2n) is 6.71.